The number of carbonyl (C=O) groups is 1. The number of ether oxygens (including phenoxy) is 1. The molecule has 2 heterocycles. The van der Waals surface area contributed by atoms with Gasteiger partial charge in [-0.3, -0.25) is 4.79 Å². The molecule has 1 atom stereocenters. The first-order valence-electron chi connectivity index (χ1n) is 9.62. The fraction of sp³-hybridized carbons (Fsp3) is 0.261. The normalized spacial score (nSPS) is 11.3. The summed E-state index contributed by atoms with van der Waals surface area (Å²) >= 11 is 2.75. The number of esters is 1. The van der Waals surface area contributed by atoms with Gasteiger partial charge in [0.2, 0.25) is 0 Å². The van der Waals surface area contributed by atoms with Crippen LogP contribution >= 0.6 is 23.1 Å². The van der Waals surface area contributed by atoms with Crippen LogP contribution in [-0.4, -0.2) is 21.3 Å². The van der Waals surface area contributed by atoms with Crippen molar-refractivity contribution in [1.82, 2.24) is 8.75 Å². The van der Waals surface area contributed by atoms with Gasteiger partial charge in [-0.05, 0) is 68.1 Å². The average Bonchev–Trinajstić information content (AvgIpc) is 3.34. The van der Waals surface area contributed by atoms with Gasteiger partial charge in [-0.15, -0.1) is 0 Å². The Bertz CT molecular complexity index is 1310. The summed E-state index contributed by atoms with van der Waals surface area (Å²) in [6.07, 6.45) is 0.406. The van der Waals surface area contributed by atoms with Gasteiger partial charge in [0.15, 0.2) is 5.92 Å². The highest BCUT2D eigenvalue weighted by atomic mass is 32.1. The molecule has 31 heavy (non-hydrogen) atoms. The van der Waals surface area contributed by atoms with Crippen molar-refractivity contribution in [3.63, 3.8) is 0 Å². The summed E-state index contributed by atoms with van der Waals surface area (Å²) in [5.74, 6) is -1.48. The van der Waals surface area contributed by atoms with E-state index in [9.17, 15) is 4.79 Å². The third kappa shape index (κ3) is 5.05. The number of hydrogen-bond acceptors (Lipinski definition) is 8. The Labute approximate surface area is 188 Å². The molecule has 0 aliphatic rings. The molecule has 156 valence electrons. The van der Waals surface area contributed by atoms with Crippen molar-refractivity contribution in [2.75, 3.05) is 6.61 Å². The van der Waals surface area contributed by atoms with Gasteiger partial charge in [0.25, 0.3) is 0 Å². The van der Waals surface area contributed by atoms with Crippen molar-refractivity contribution in [2.45, 2.75) is 33.1 Å². The van der Waals surface area contributed by atoms with E-state index in [0.717, 1.165) is 31.4 Å². The minimum atomic E-state index is -0.944. The Kier molecular flexibility index (Phi) is 7.30. The van der Waals surface area contributed by atoms with Crippen molar-refractivity contribution in [1.29, 1.82) is 10.5 Å². The highest BCUT2D eigenvalue weighted by Gasteiger charge is 2.26. The molecule has 0 saturated carbocycles. The second-order valence-electron chi connectivity index (χ2n) is 6.85. The molecule has 0 amide bonds. The Balaban J connectivity index is 0.000000185. The van der Waals surface area contributed by atoms with Gasteiger partial charge in [-0.2, -0.15) is 19.3 Å². The fourth-order valence-electron chi connectivity index (χ4n) is 3.04. The minimum Gasteiger partial charge on any atom is -0.465 e. The lowest BCUT2D eigenvalue weighted by molar-refractivity contribution is -0.143. The molecular weight excluding hydrogens is 428 g/mol. The summed E-state index contributed by atoms with van der Waals surface area (Å²) in [6, 6.07) is 16.2. The number of aryl methyl sites for hydroxylation is 2. The zero-order valence-corrected chi connectivity index (χ0v) is 19.0. The number of hydrogen-bond donors (Lipinski definition) is 0. The molecule has 4 aromatic rings. The van der Waals surface area contributed by atoms with E-state index in [2.05, 4.69) is 33.0 Å². The van der Waals surface area contributed by atoms with E-state index < -0.39 is 11.9 Å². The van der Waals surface area contributed by atoms with Gasteiger partial charge in [0.1, 0.15) is 0 Å². The van der Waals surface area contributed by atoms with E-state index in [1.807, 2.05) is 38.1 Å². The van der Waals surface area contributed by atoms with E-state index in [4.69, 9.17) is 15.3 Å². The first-order chi connectivity index (χ1) is 15.0. The van der Waals surface area contributed by atoms with E-state index in [0.29, 0.717) is 12.1 Å². The average molecular weight is 449 g/mol. The molecule has 6 nitrogen and oxygen atoms in total. The van der Waals surface area contributed by atoms with Crippen LogP contribution in [0.25, 0.3) is 20.2 Å². The lowest BCUT2D eigenvalue weighted by Gasteiger charge is -2.06. The number of benzene rings is 2. The van der Waals surface area contributed by atoms with Crippen LogP contribution in [-0.2, 0) is 16.0 Å². The lowest BCUT2D eigenvalue weighted by Crippen LogP contribution is -2.14. The monoisotopic (exact) mass is 448 g/mol. The quantitative estimate of drug-likeness (QED) is 0.385. The molecule has 1 unspecified atom stereocenters. The van der Waals surface area contributed by atoms with Crippen LogP contribution in [0, 0.1) is 36.5 Å². The zero-order valence-electron chi connectivity index (χ0n) is 17.4. The zero-order chi connectivity index (χ0) is 22.4. The molecule has 0 saturated heterocycles. The Morgan fingerprint density at radius 2 is 1.65 bits per heavy atom. The maximum atomic E-state index is 11.7. The van der Waals surface area contributed by atoms with Gasteiger partial charge >= 0.3 is 5.97 Å². The largest absolute Gasteiger partial charge is 0.465 e. The molecule has 2 aromatic heterocycles. The maximum absolute atomic E-state index is 11.7. The van der Waals surface area contributed by atoms with Crippen LogP contribution in [0.3, 0.4) is 0 Å². The molecule has 8 heteroatoms. The highest BCUT2D eigenvalue weighted by Crippen LogP contribution is 2.29. The number of nitrogens with zero attached hydrogens (tertiary/aromatic N) is 4. The van der Waals surface area contributed by atoms with E-state index in [-0.39, 0.29) is 6.61 Å². The lowest BCUT2D eigenvalue weighted by atomic mass is 10.0. The molecule has 0 fully saturated rings. The van der Waals surface area contributed by atoms with Crippen LogP contribution in [0.2, 0.25) is 0 Å². The highest BCUT2D eigenvalue weighted by molar-refractivity contribution is 7.13. The Hall–Kier alpha value is -3.33. The SMILES string of the molecule is CCOC(=O)C(C#N)c1nsc2ccc(C)cc12.Cc1ccc2snc(CC#N)c2c1. The van der Waals surface area contributed by atoms with Crippen molar-refractivity contribution in [3.05, 3.63) is 58.9 Å². The summed E-state index contributed by atoms with van der Waals surface area (Å²) in [4.78, 5) is 11.7. The maximum Gasteiger partial charge on any atom is 0.329 e. The van der Waals surface area contributed by atoms with Crippen LogP contribution in [0.1, 0.15) is 35.4 Å². The van der Waals surface area contributed by atoms with Crippen molar-refractivity contribution < 1.29 is 9.53 Å². The molecule has 4 rings (SSSR count). The molecule has 0 radical (unpaired) electrons. The smallest absolute Gasteiger partial charge is 0.329 e. The second kappa shape index (κ2) is 10.1. The van der Waals surface area contributed by atoms with Gasteiger partial charge < -0.3 is 4.74 Å². The molecule has 0 spiro atoms. The minimum absolute atomic E-state index is 0.262. The third-order valence-corrected chi connectivity index (χ3v) is 6.23. The number of fused-ring (bicyclic) bond motifs is 2. The number of aromatic nitrogens is 2. The Morgan fingerprint density at radius 1 is 1.03 bits per heavy atom. The van der Waals surface area contributed by atoms with Gasteiger partial charge in [0, 0.05) is 10.8 Å². The summed E-state index contributed by atoms with van der Waals surface area (Å²) in [5, 5.41) is 19.7. The van der Waals surface area contributed by atoms with Crippen molar-refractivity contribution in [3.8, 4) is 12.1 Å². The van der Waals surface area contributed by atoms with Gasteiger partial charge in [-0.25, -0.2) is 0 Å². The predicted molar refractivity (Wildman–Crippen MR) is 123 cm³/mol. The summed E-state index contributed by atoms with van der Waals surface area (Å²) < 4.78 is 15.5. The second-order valence-corrected chi connectivity index (χ2v) is 8.46. The molecule has 0 aliphatic carbocycles. The molecule has 0 bridgehead atoms. The van der Waals surface area contributed by atoms with Crippen LogP contribution < -0.4 is 0 Å². The molecular formula is C23H20N4O2S2. The number of rotatable bonds is 4. The van der Waals surface area contributed by atoms with Crippen LogP contribution in [0.4, 0.5) is 0 Å². The first kappa shape index (κ1) is 22.4. The third-order valence-electron chi connectivity index (χ3n) is 4.52. The summed E-state index contributed by atoms with van der Waals surface area (Å²) in [6.45, 7) is 5.99. The van der Waals surface area contributed by atoms with E-state index in [1.165, 1.54) is 28.6 Å². The fourth-order valence-corrected chi connectivity index (χ4v) is 4.60. The van der Waals surface area contributed by atoms with Crippen molar-refractivity contribution >= 4 is 49.2 Å². The molecule has 0 N–H and O–H groups in total. The Morgan fingerprint density at radius 3 is 2.26 bits per heavy atom. The number of nitriles is 2. The number of carbonyl (C=O) groups excluding carboxylic acids is 1. The van der Waals surface area contributed by atoms with E-state index >= 15 is 0 Å². The van der Waals surface area contributed by atoms with Crippen LogP contribution in [0.5, 0.6) is 0 Å². The summed E-state index contributed by atoms with van der Waals surface area (Å²) in [5.41, 5.74) is 3.70. The van der Waals surface area contributed by atoms with E-state index in [1.54, 1.807) is 6.92 Å². The van der Waals surface area contributed by atoms with Gasteiger partial charge in [0.05, 0.1) is 46.0 Å². The molecule has 2 aromatic carbocycles. The topological polar surface area (TPSA) is 99.7 Å². The first-order valence-corrected chi connectivity index (χ1v) is 11.2. The van der Waals surface area contributed by atoms with Crippen LogP contribution in [0.15, 0.2) is 36.4 Å². The summed E-state index contributed by atoms with van der Waals surface area (Å²) in [7, 11) is 0. The molecule has 0 aliphatic heterocycles. The van der Waals surface area contributed by atoms with Crippen molar-refractivity contribution in [2.24, 2.45) is 0 Å². The predicted octanol–water partition coefficient (Wildman–Crippen LogP) is 5.45. The van der Waals surface area contributed by atoms with Gasteiger partial charge in [-0.1, -0.05) is 23.3 Å². The standard InChI is InChI=1S/C13H12N2O2S.C10H8N2S/c1-3-17-13(16)10(7-14)12-9-6-8(2)4-5-11(9)18-15-12;1-7-2-3-10-8(6-7)9(4-5-11)12-13-10/h4-6,10H,3H2,1-2H3;2-3,6H,4H2,1H3.